The Balaban J connectivity index is 0.000000799. The van der Waals surface area contributed by atoms with Crippen molar-refractivity contribution < 1.29 is 9.18 Å². The number of carbonyl (C=O) groups is 1. The maximum absolute atomic E-state index is 12.0. The summed E-state index contributed by atoms with van der Waals surface area (Å²) in [5.74, 6) is 0.447. The van der Waals surface area contributed by atoms with Crippen molar-refractivity contribution in [2.24, 2.45) is 11.3 Å². The first-order valence-corrected chi connectivity index (χ1v) is 15.2. The molecule has 2 fully saturated rings. The Morgan fingerprint density at radius 3 is 2.03 bits per heavy atom. The molecule has 6 heteroatoms. The maximum atomic E-state index is 12.0. The second kappa shape index (κ2) is 22.5. The van der Waals surface area contributed by atoms with E-state index in [1.165, 1.54) is 76.7 Å². The van der Waals surface area contributed by atoms with Crippen molar-refractivity contribution >= 4 is 6.29 Å². The van der Waals surface area contributed by atoms with E-state index in [9.17, 15) is 9.18 Å². The van der Waals surface area contributed by atoms with Gasteiger partial charge in [0.2, 0.25) is 0 Å². The summed E-state index contributed by atoms with van der Waals surface area (Å²) in [6, 6.07) is 8.57. The van der Waals surface area contributed by atoms with Gasteiger partial charge in [0.1, 0.15) is 12.1 Å². The number of hydrogen-bond acceptors (Lipinski definition) is 5. The number of rotatable bonds is 10. The largest absolute Gasteiger partial charge is 0.318 e. The zero-order valence-corrected chi connectivity index (χ0v) is 26.1. The van der Waals surface area contributed by atoms with Crippen LogP contribution in [-0.4, -0.2) is 94.0 Å². The summed E-state index contributed by atoms with van der Waals surface area (Å²) in [6.45, 7) is 18.5. The predicted molar refractivity (Wildman–Crippen MR) is 163 cm³/mol. The lowest BCUT2D eigenvalue weighted by Gasteiger charge is -2.39. The lowest BCUT2D eigenvalue weighted by atomic mass is 9.66. The molecule has 1 saturated carbocycles. The van der Waals surface area contributed by atoms with Crippen molar-refractivity contribution in [1.82, 2.24) is 20.0 Å². The van der Waals surface area contributed by atoms with E-state index >= 15 is 0 Å². The summed E-state index contributed by atoms with van der Waals surface area (Å²) >= 11 is 0. The summed E-state index contributed by atoms with van der Waals surface area (Å²) in [5, 5.41) is 3.03. The van der Waals surface area contributed by atoms with Crippen LogP contribution >= 0.6 is 0 Å². The number of halogens is 1. The Morgan fingerprint density at radius 1 is 1.05 bits per heavy atom. The zero-order chi connectivity index (χ0) is 28.8. The molecule has 0 spiro atoms. The van der Waals surface area contributed by atoms with E-state index in [4.69, 9.17) is 0 Å². The number of aldehydes is 1. The second-order valence-corrected chi connectivity index (χ2v) is 11.0. The fourth-order valence-electron chi connectivity index (χ4n) is 4.89. The average Bonchev–Trinajstić information content (AvgIpc) is 2.96. The molecule has 0 radical (unpaired) electrons. The molecule has 1 N–H and O–H groups in total. The van der Waals surface area contributed by atoms with E-state index in [1.54, 1.807) is 18.2 Å². The number of piperazine rings is 1. The van der Waals surface area contributed by atoms with Crippen LogP contribution in [0.5, 0.6) is 0 Å². The highest BCUT2D eigenvalue weighted by atomic mass is 19.1. The lowest BCUT2D eigenvalue weighted by Crippen LogP contribution is -2.47. The first-order chi connectivity index (χ1) is 18.3. The minimum Gasteiger partial charge on any atom is -0.318 e. The highest BCUT2D eigenvalue weighted by molar-refractivity contribution is 5.60. The number of nitrogens with zero attached hydrogens (tertiary/aromatic N) is 3. The Hall–Kier alpha value is -1.34. The molecule has 1 aromatic carbocycles. The quantitative estimate of drug-likeness (QED) is 0.361. The number of nitrogens with one attached hydrogen (secondary N) is 1. The summed E-state index contributed by atoms with van der Waals surface area (Å²) in [4.78, 5) is 19.4. The van der Waals surface area contributed by atoms with Gasteiger partial charge in [0.15, 0.2) is 0 Å². The molecule has 1 saturated heterocycles. The predicted octanol–water partition coefficient (Wildman–Crippen LogP) is 6.20. The van der Waals surface area contributed by atoms with E-state index in [0.29, 0.717) is 12.0 Å². The standard InChI is InChI=1S/C20H39N3O.C6H5F.C4H11N.C2H6/c1-4-20(18-24,19-8-6-5-7-9-19)10-11-21(2)12-15-23-16-13-22(3)14-17-23;7-6-4-2-1-3-5-6;1-4(2)5-3;1-2/h18-19H,4-17H2,1-3H3;1-5H;4-5H,1-3H3;1-2H3. The molecule has 0 bridgehead atoms. The van der Waals surface area contributed by atoms with Gasteiger partial charge >= 0.3 is 0 Å². The summed E-state index contributed by atoms with van der Waals surface area (Å²) < 4.78 is 11.9. The number of likely N-dealkylation sites (N-methyl/N-ethyl adjacent to an activating group) is 2. The van der Waals surface area contributed by atoms with E-state index in [0.717, 1.165) is 32.5 Å². The molecule has 3 rings (SSSR count). The van der Waals surface area contributed by atoms with Crippen LogP contribution in [0.1, 0.15) is 79.6 Å². The normalized spacial score (nSPS) is 18.3. The van der Waals surface area contributed by atoms with E-state index in [-0.39, 0.29) is 11.2 Å². The molecule has 222 valence electrons. The summed E-state index contributed by atoms with van der Waals surface area (Å²) in [7, 11) is 6.38. The Labute approximate surface area is 235 Å². The van der Waals surface area contributed by atoms with E-state index < -0.39 is 0 Å². The van der Waals surface area contributed by atoms with Crippen LogP contribution in [0, 0.1) is 17.2 Å². The van der Waals surface area contributed by atoms with Crippen LogP contribution in [-0.2, 0) is 4.79 Å². The minimum absolute atomic E-state index is 0.0669. The van der Waals surface area contributed by atoms with Crippen molar-refractivity contribution in [1.29, 1.82) is 0 Å². The van der Waals surface area contributed by atoms with Gasteiger partial charge in [0.25, 0.3) is 0 Å². The molecule has 1 unspecified atom stereocenters. The molecule has 0 amide bonds. The van der Waals surface area contributed by atoms with Crippen LogP contribution < -0.4 is 5.32 Å². The van der Waals surface area contributed by atoms with E-state index in [1.807, 2.05) is 20.9 Å². The molecular formula is C32H61FN4O. The number of benzene rings is 1. The van der Waals surface area contributed by atoms with Crippen molar-refractivity contribution in [3.63, 3.8) is 0 Å². The van der Waals surface area contributed by atoms with Gasteiger partial charge in [-0.05, 0) is 71.4 Å². The van der Waals surface area contributed by atoms with Gasteiger partial charge in [-0.1, -0.05) is 72.1 Å². The summed E-state index contributed by atoms with van der Waals surface area (Å²) in [5.41, 5.74) is -0.0669. The molecular weight excluding hydrogens is 475 g/mol. The molecule has 1 aliphatic heterocycles. The molecule has 38 heavy (non-hydrogen) atoms. The molecule has 1 heterocycles. The van der Waals surface area contributed by atoms with Crippen LogP contribution in [0.4, 0.5) is 4.39 Å². The fraction of sp³-hybridized carbons (Fsp3) is 0.781. The third-order valence-electron chi connectivity index (χ3n) is 7.97. The third-order valence-corrected chi connectivity index (χ3v) is 7.97. The Bertz CT molecular complexity index is 661. The minimum atomic E-state index is -0.178. The van der Waals surface area contributed by atoms with Crippen LogP contribution in [0.25, 0.3) is 0 Å². The number of carbonyl (C=O) groups excluding carboxylic acids is 1. The van der Waals surface area contributed by atoms with Crippen molar-refractivity contribution in [3.8, 4) is 0 Å². The van der Waals surface area contributed by atoms with Gasteiger partial charge < -0.3 is 19.9 Å². The van der Waals surface area contributed by atoms with Gasteiger partial charge in [-0.3, -0.25) is 4.90 Å². The first-order valence-electron chi connectivity index (χ1n) is 15.2. The number of hydrogen-bond donors (Lipinski definition) is 1. The fourth-order valence-corrected chi connectivity index (χ4v) is 4.89. The van der Waals surface area contributed by atoms with Gasteiger partial charge in [-0.25, -0.2) is 4.39 Å². The highest BCUT2D eigenvalue weighted by Crippen LogP contribution is 2.42. The molecule has 1 aliphatic carbocycles. The molecule has 2 aliphatic rings. The molecule has 5 nitrogen and oxygen atoms in total. The van der Waals surface area contributed by atoms with Crippen molar-refractivity contribution in [2.45, 2.75) is 85.6 Å². The molecule has 0 aromatic heterocycles. The van der Waals surface area contributed by atoms with E-state index in [2.05, 4.69) is 54.9 Å². The Morgan fingerprint density at radius 2 is 1.61 bits per heavy atom. The van der Waals surface area contributed by atoms with Gasteiger partial charge in [0.05, 0.1) is 0 Å². The van der Waals surface area contributed by atoms with Crippen molar-refractivity contribution in [2.75, 3.05) is 67.0 Å². The monoisotopic (exact) mass is 536 g/mol. The van der Waals surface area contributed by atoms with Crippen LogP contribution in [0.2, 0.25) is 0 Å². The van der Waals surface area contributed by atoms with Crippen molar-refractivity contribution in [3.05, 3.63) is 36.1 Å². The summed E-state index contributed by atoms with van der Waals surface area (Å²) in [6.07, 6.45) is 9.88. The topological polar surface area (TPSA) is 38.8 Å². The molecule has 1 aromatic rings. The Kier molecular flexibility index (Phi) is 21.7. The zero-order valence-electron chi connectivity index (χ0n) is 26.1. The van der Waals surface area contributed by atoms with Crippen LogP contribution in [0.3, 0.4) is 0 Å². The molecule has 1 atom stereocenters. The van der Waals surface area contributed by atoms with Gasteiger partial charge in [-0.15, -0.1) is 0 Å². The lowest BCUT2D eigenvalue weighted by molar-refractivity contribution is -0.121. The first kappa shape index (κ1) is 36.7. The third kappa shape index (κ3) is 15.9. The maximum Gasteiger partial charge on any atom is 0.126 e. The van der Waals surface area contributed by atoms with Gasteiger partial charge in [-0.2, -0.15) is 0 Å². The second-order valence-electron chi connectivity index (χ2n) is 11.0. The van der Waals surface area contributed by atoms with Crippen LogP contribution in [0.15, 0.2) is 30.3 Å². The highest BCUT2D eigenvalue weighted by Gasteiger charge is 2.37. The average molecular weight is 537 g/mol. The van der Waals surface area contributed by atoms with Gasteiger partial charge in [0, 0.05) is 50.7 Å². The smallest absolute Gasteiger partial charge is 0.126 e. The SMILES string of the molecule is CC.CCC(C=O)(CCN(C)CCN1CCN(C)CC1)C1CCCCC1.CNC(C)C.Fc1ccccc1.